The van der Waals surface area contributed by atoms with Gasteiger partial charge in [-0.05, 0) is 48.1 Å². The van der Waals surface area contributed by atoms with Gasteiger partial charge in [-0.2, -0.15) is 24.5 Å². The van der Waals surface area contributed by atoms with Crippen LogP contribution in [0.2, 0.25) is 0 Å². The van der Waals surface area contributed by atoms with Crippen LogP contribution >= 0.6 is 11.3 Å². The van der Waals surface area contributed by atoms with Gasteiger partial charge in [0.05, 0.1) is 11.5 Å². The molecule has 0 saturated heterocycles. The molecule has 0 aliphatic heterocycles. The van der Waals surface area contributed by atoms with Crippen LogP contribution in [0.3, 0.4) is 0 Å². The molecule has 0 aromatic carbocycles. The van der Waals surface area contributed by atoms with E-state index in [1.165, 1.54) is 11.3 Å². The Morgan fingerprint density at radius 3 is 2.75 bits per heavy atom. The molecule has 5 heteroatoms. The first-order chi connectivity index (χ1) is 7.42. The summed E-state index contributed by atoms with van der Waals surface area (Å²) < 4.78 is 37.9. The van der Waals surface area contributed by atoms with Gasteiger partial charge in [0.25, 0.3) is 0 Å². The van der Waals surface area contributed by atoms with E-state index in [2.05, 4.69) is 0 Å². The highest BCUT2D eigenvalue weighted by atomic mass is 32.1. The van der Waals surface area contributed by atoms with Crippen LogP contribution in [-0.2, 0) is 5.60 Å². The van der Waals surface area contributed by atoms with Crippen LogP contribution in [0.4, 0.5) is 13.2 Å². The van der Waals surface area contributed by atoms with Gasteiger partial charge in [0.15, 0.2) is 0 Å². The Bertz CT molecular complexity index is 347. The van der Waals surface area contributed by atoms with Crippen molar-refractivity contribution in [3.8, 4) is 0 Å². The quantitative estimate of drug-likeness (QED) is 0.806. The van der Waals surface area contributed by atoms with Crippen LogP contribution in [0, 0.1) is 5.92 Å². The summed E-state index contributed by atoms with van der Waals surface area (Å²) in [7, 11) is 0. The second kappa shape index (κ2) is 4.04. The maximum absolute atomic E-state index is 12.6. The first-order valence-electron chi connectivity index (χ1n) is 5.23. The van der Waals surface area contributed by atoms with Gasteiger partial charge in [0, 0.05) is 0 Å². The summed E-state index contributed by atoms with van der Waals surface area (Å²) in [6.45, 7) is 0. The van der Waals surface area contributed by atoms with E-state index in [1.807, 2.05) is 0 Å². The lowest BCUT2D eigenvalue weighted by Gasteiger charge is -2.37. The van der Waals surface area contributed by atoms with Gasteiger partial charge in [-0.25, -0.2) is 0 Å². The molecule has 1 aliphatic rings. The molecule has 1 nitrogen and oxygen atoms in total. The van der Waals surface area contributed by atoms with E-state index >= 15 is 0 Å². The van der Waals surface area contributed by atoms with E-state index in [9.17, 15) is 18.3 Å². The number of halogens is 3. The molecular weight excluding hydrogens is 237 g/mol. The fraction of sp³-hybridized carbons (Fsp3) is 0.636. The van der Waals surface area contributed by atoms with Crippen LogP contribution in [0.5, 0.6) is 0 Å². The molecule has 1 N–H and O–H groups in total. The highest BCUT2D eigenvalue weighted by Gasteiger charge is 2.47. The van der Waals surface area contributed by atoms with Crippen LogP contribution < -0.4 is 0 Å². The average molecular weight is 250 g/mol. The number of rotatable bonds is 1. The number of alkyl halides is 3. The summed E-state index contributed by atoms with van der Waals surface area (Å²) in [4.78, 5) is 0. The van der Waals surface area contributed by atoms with Crippen molar-refractivity contribution in [2.75, 3.05) is 0 Å². The van der Waals surface area contributed by atoms with Gasteiger partial charge in [0.2, 0.25) is 0 Å². The minimum Gasteiger partial charge on any atom is -0.385 e. The number of aliphatic hydroxyl groups is 1. The smallest absolute Gasteiger partial charge is 0.385 e. The normalized spacial score (nSPS) is 31.6. The molecular formula is C11H13F3OS. The zero-order chi connectivity index (χ0) is 11.8. The Morgan fingerprint density at radius 1 is 1.44 bits per heavy atom. The standard InChI is InChI=1S/C11H13F3OS/c12-11(13,14)8-2-1-4-10(15,6-8)9-3-5-16-7-9/h3,5,7-8,15H,1-2,4,6H2. The van der Waals surface area contributed by atoms with Crippen molar-refractivity contribution in [3.63, 3.8) is 0 Å². The highest BCUT2D eigenvalue weighted by molar-refractivity contribution is 7.08. The Balaban J connectivity index is 2.18. The molecule has 1 fully saturated rings. The Kier molecular flexibility index (Phi) is 3.01. The van der Waals surface area contributed by atoms with Gasteiger partial charge in [-0.1, -0.05) is 0 Å². The Labute approximate surface area is 95.9 Å². The molecule has 2 atom stereocenters. The third-order valence-corrected chi connectivity index (χ3v) is 3.93. The molecule has 1 saturated carbocycles. The molecule has 16 heavy (non-hydrogen) atoms. The summed E-state index contributed by atoms with van der Waals surface area (Å²) in [6, 6.07) is 1.71. The SMILES string of the molecule is OC1(c2ccsc2)CCCC(C(F)(F)F)C1. The third kappa shape index (κ3) is 2.25. The van der Waals surface area contributed by atoms with Gasteiger partial charge >= 0.3 is 6.18 Å². The van der Waals surface area contributed by atoms with Crippen molar-refractivity contribution in [1.82, 2.24) is 0 Å². The van der Waals surface area contributed by atoms with E-state index in [1.54, 1.807) is 16.8 Å². The third-order valence-electron chi connectivity index (χ3n) is 3.25. The molecule has 1 heterocycles. The van der Waals surface area contributed by atoms with E-state index in [4.69, 9.17) is 0 Å². The van der Waals surface area contributed by atoms with Gasteiger partial charge in [-0.3, -0.25) is 0 Å². The van der Waals surface area contributed by atoms with Crippen LogP contribution in [0.1, 0.15) is 31.2 Å². The Morgan fingerprint density at radius 2 is 2.19 bits per heavy atom. The van der Waals surface area contributed by atoms with Gasteiger partial charge < -0.3 is 5.11 Å². The molecule has 1 aliphatic carbocycles. The van der Waals surface area contributed by atoms with E-state index in [0.717, 1.165) is 0 Å². The van der Waals surface area contributed by atoms with Crippen molar-refractivity contribution in [2.45, 2.75) is 37.5 Å². The lowest BCUT2D eigenvalue weighted by molar-refractivity contribution is -0.201. The number of hydrogen-bond acceptors (Lipinski definition) is 2. The van der Waals surface area contributed by atoms with Gasteiger partial charge in [-0.15, -0.1) is 0 Å². The van der Waals surface area contributed by atoms with Crippen molar-refractivity contribution in [3.05, 3.63) is 22.4 Å². The summed E-state index contributed by atoms with van der Waals surface area (Å²) in [5.41, 5.74) is -0.648. The zero-order valence-electron chi connectivity index (χ0n) is 8.63. The van der Waals surface area contributed by atoms with Crippen LogP contribution in [-0.4, -0.2) is 11.3 Å². The summed E-state index contributed by atoms with van der Waals surface area (Å²) in [5, 5.41) is 13.8. The fourth-order valence-electron chi connectivity index (χ4n) is 2.32. The fourth-order valence-corrected chi connectivity index (χ4v) is 3.07. The van der Waals surface area contributed by atoms with E-state index < -0.39 is 17.7 Å². The average Bonchev–Trinajstić information content (AvgIpc) is 2.69. The minimum atomic E-state index is -4.19. The molecule has 2 unspecified atom stereocenters. The molecule has 0 bridgehead atoms. The van der Waals surface area contributed by atoms with Crippen LogP contribution in [0.15, 0.2) is 16.8 Å². The van der Waals surface area contributed by atoms with E-state index in [-0.39, 0.29) is 12.8 Å². The van der Waals surface area contributed by atoms with Crippen molar-refractivity contribution >= 4 is 11.3 Å². The number of hydrogen-bond donors (Lipinski definition) is 1. The first kappa shape index (κ1) is 11.9. The molecule has 1 aromatic rings. The number of thiophene rings is 1. The zero-order valence-corrected chi connectivity index (χ0v) is 9.44. The lowest BCUT2D eigenvalue weighted by atomic mass is 9.75. The Hall–Kier alpha value is -0.550. The second-order valence-electron chi connectivity index (χ2n) is 4.38. The first-order valence-corrected chi connectivity index (χ1v) is 6.18. The monoisotopic (exact) mass is 250 g/mol. The topological polar surface area (TPSA) is 20.2 Å². The summed E-state index contributed by atoms with van der Waals surface area (Å²) in [5.74, 6) is -1.37. The van der Waals surface area contributed by atoms with E-state index in [0.29, 0.717) is 18.4 Å². The summed E-state index contributed by atoms with van der Waals surface area (Å²) >= 11 is 1.40. The minimum absolute atomic E-state index is 0.135. The van der Waals surface area contributed by atoms with Crippen molar-refractivity contribution in [1.29, 1.82) is 0 Å². The molecule has 1 aromatic heterocycles. The molecule has 0 amide bonds. The van der Waals surface area contributed by atoms with Gasteiger partial charge in [0.1, 0.15) is 0 Å². The lowest BCUT2D eigenvalue weighted by Crippen LogP contribution is -2.38. The predicted molar refractivity (Wildman–Crippen MR) is 56.2 cm³/mol. The largest absolute Gasteiger partial charge is 0.391 e. The molecule has 0 radical (unpaired) electrons. The molecule has 0 spiro atoms. The molecule has 90 valence electrons. The highest BCUT2D eigenvalue weighted by Crippen LogP contribution is 2.46. The maximum atomic E-state index is 12.6. The van der Waals surface area contributed by atoms with Crippen molar-refractivity contribution < 1.29 is 18.3 Å². The summed E-state index contributed by atoms with van der Waals surface area (Å²) in [6.07, 6.45) is -3.40. The maximum Gasteiger partial charge on any atom is 0.391 e. The predicted octanol–water partition coefficient (Wildman–Crippen LogP) is 3.69. The van der Waals surface area contributed by atoms with Crippen LogP contribution in [0.25, 0.3) is 0 Å². The van der Waals surface area contributed by atoms with Crippen molar-refractivity contribution in [2.24, 2.45) is 5.92 Å². The molecule has 2 rings (SSSR count). The second-order valence-corrected chi connectivity index (χ2v) is 5.16.